The van der Waals surface area contributed by atoms with Crippen LogP contribution < -0.4 is 5.73 Å². The Balaban J connectivity index is 3.91. The van der Waals surface area contributed by atoms with Gasteiger partial charge >= 0.3 is 0 Å². The fourth-order valence-corrected chi connectivity index (χ4v) is 1.40. The van der Waals surface area contributed by atoms with E-state index in [0.717, 1.165) is 25.8 Å². The van der Waals surface area contributed by atoms with Crippen LogP contribution in [-0.2, 0) is 4.79 Å². The lowest BCUT2D eigenvalue weighted by atomic mass is 10.0. The maximum atomic E-state index is 11.7. The topological polar surface area (TPSA) is 46.3 Å². The van der Waals surface area contributed by atoms with E-state index in [1.165, 1.54) is 0 Å². The van der Waals surface area contributed by atoms with Crippen LogP contribution in [0.5, 0.6) is 0 Å². The maximum Gasteiger partial charge on any atom is 0.239 e. The minimum absolute atomic E-state index is 0.0761. The van der Waals surface area contributed by atoms with Crippen LogP contribution in [0.15, 0.2) is 0 Å². The summed E-state index contributed by atoms with van der Waals surface area (Å²) in [5, 5.41) is 0. The zero-order valence-electron chi connectivity index (χ0n) is 9.92. The number of nitrogens with zero attached hydrogens (tertiary/aromatic N) is 1. The summed E-state index contributed by atoms with van der Waals surface area (Å²) in [5.74, 6) is 0.556. The molecule has 84 valence electrons. The molecule has 0 aliphatic rings. The van der Waals surface area contributed by atoms with Gasteiger partial charge in [-0.05, 0) is 18.8 Å². The van der Waals surface area contributed by atoms with Crippen molar-refractivity contribution in [3.05, 3.63) is 0 Å². The highest BCUT2D eigenvalue weighted by Gasteiger charge is 2.18. The van der Waals surface area contributed by atoms with Crippen LogP contribution in [0.1, 0.15) is 40.0 Å². The van der Waals surface area contributed by atoms with Crippen LogP contribution in [-0.4, -0.2) is 30.4 Å². The Morgan fingerprint density at radius 1 is 1.43 bits per heavy atom. The average Bonchev–Trinajstić information content (AvgIpc) is 2.11. The van der Waals surface area contributed by atoms with E-state index in [2.05, 4.69) is 20.8 Å². The van der Waals surface area contributed by atoms with Gasteiger partial charge in [0.2, 0.25) is 5.91 Å². The zero-order valence-corrected chi connectivity index (χ0v) is 9.92. The molecule has 2 N–H and O–H groups in total. The molecule has 3 nitrogen and oxygen atoms in total. The Morgan fingerprint density at radius 3 is 2.43 bits per heavy atom. The largest absolute Gasteiger partial charge is 0.344 e. The molecule has 0 radical (unpaired) electrons. The normalized spacial score (nSPS) is 13.0. The summed E-state index contributed by atoms with van der Waals surface area (Å²) in [5.41, 5.74) is 5.80. The molecule has 0 rings (SSSR count). The standard InChI is InChI=1S/C11H24N2O/c1-5-6-7-13(4)11(14)10(12)8-9(2)3/h9-10H,5-8,12H2,1-4H3/t10-/m0/s1. The molecule has 0 heterocycles. The second kappa shape index (κ2) is 6.82. The van der Waals surface area contributed by atoms with Crippen LogP contribution in [0.2, 0.25) is 0 Å². The Morgan fingerprint density at radius 2 is 2.00 bits per heavy atom. The van der Waals surface area contributed by atoms with E-state index < -0.39 is 0 Å². The SMILES string of the molecule is CCCCN(C)C(=O)[C@@H](N)CC(C)C. The van der Waals surface area contributed by atoms with Crippen molar-refractivity contribution in [2.75, 3.05) is 13.6 Å². The van der Waals surface area contributed by atoms with E-state index in [0.29, 0.717) is 5.92 Å². The van der Waals surface area contributed by atoms with Crippen LogP contribution in [0.3, 0.4) is 0 Å². The molecule has 0 fully saturated rings. The third-order valence-electron chi connectivity index (χ3n) is 2.27. The Kier molecular flexibility index (Phi) is 6.54. The molecule has 14 heavy (non-hydrogen) atoms. The maximum absolute atomic E-state index is 11.7. The van der Waals surface area contributed by atoms with Gasteiger partial charge in [0.25, 0.3) is 0 Å². The molecule has 1 amide bonds. The monoisotopic (exact) mass is 200 g/mol. The van der Waals surface area contributed by atoms with Gasteiger partial charge in [0.05, 0.1) is 6.04 Å². The first-order valence-corrected chi connectivity index (χ1v) is 5.49. The van der Waals surface area contributed by atoms with Gasteiger partial charge in [0.1, 0.15) is 0 Å². The van der Waals surface area contributed by atoms with Crippen molar-refractivity contribution in [2.24, 2.45) is 11.7 Å². The van der Waals surface area contributed by atoms with Crippen LogP contribution in [0.4, 0.5) is 0 Å². The third kappa shape index (κ3) is 5.22. The average molecular weight is 200 g/mol. The summed E-state index contributed by atoms with van der Waals surface area (Å²) in [6.07, 6.45) is 2.93. The number of rotatable bonds is 6. The molecule has 0 aliphatic carbocycles. The number of hydrogen-bond donors (Lipinski definition) is 1. The van der Waals surface area contributed by atoms with Crippen LogP contribution in [0, 0.1) is 5.92 Å². The minimum atomic E-state index is -0.322. The molecule has 1 atom stereocenters. The van der Waals surface area contributed by atoms with Gasteiger partial charge in [-0.25, -0.2) is 0 Å². The fraction of sp³-hybridized carbons (Fsp3) is 0.909. The van der Waals surface area contributed by atoms with Gasteiger partial charge in [-0.2, -0.15) is 0 Å². The van der Waals surface area contributed by atoms with E-state index in [4.69, 9.17) is 5.73 Å². The molecule has 0 aliphatic heterocycles. The highest BCUT2D eigenvalue weighted by Crippen LogP contribution is 2.05. The van der Waals surface area contributed by atoms with E-state index >= 15 is 0 Å². The van der Waals surface area contributed by atoms with Gasteiger partial charge in [-0.15, -0.1) is 0 Å². The first-order chi connectivity index (χ1) is 6.49. The number of amides is 1. The molecule has 0 spiro atoms. The molecule has 0 saturated carbocycles. The van der Waals surface area contributed by atoms with Crippen molar-refractivity contribution in [1.82, 2.24) is 4.90 Å². The summed E-state index contributed by atoms with van der Waals surface area (Å²) in [6.45, 7) is 7.10. The molecule has 0 aromatic heterocycles. The Labute approximate surface area is 87.6 Å². The number of hydrogen-bond acceptors (Lipinski definition) is 2. The number of unbranched alkanes of at least 4 members (excludes halogenated alkanes) is 1. The lowest BCUT2D eigenvalue weighted by molar-refractivity contribution is -0.131. The van der Waals surface area contributed by atoms with Gasteiger partial charge < -0.3 is 10.6 Å². The first kappa shape index (κ1) is 13.4. The molecule has 3 heteroatoms. The van der Waals surface area contributed by atoms with Crippen molar-refractivity contribution < 1.29 is 4.79 Å². The Bertz CT molecular complexity index is 169. The van der Waals surface area contributed by atoms with Gasteiger partial charge in [0.15, 0.2) is 0 Å². The molecule has 0 saturated heterocycles. The molecule has 0 aromatic carbocycles. The Hall–Kier alpha value is -0.570. The first-order valence-electron chi connectivity index (χ1n) is 5.49. The van der Waals surface area contributed by atoms with Crippen molar-refractivity contribution in [3.8, 4) is 0 Å². The van der Waals surface area contributed by atoms with E-state index in [1.807, 2.05) is 7.05 Å². The summed E-state index contributed by atoms with van der Waals surface area (Å²) in [4.78, 5) is 13.4. The van der Waals surface area contributed by atoms with Gasteiger partial charge in [0, 0.05) is 13.6 Å². The number of carbonyl (C=O) groups is 1. The van der Waals surface area contributed by atoms with Gasteiger partial charge in [-0.1, -0.05) is 27.2 Å². The highest BCUT2D eigenvalue weighted by molar-refractivity contribution is 5.81. The predicted octanol–water partition coefficient (Wildman–Crippen LogP) is 1.62. The summed E-state index contributed by atoms with van der Waals surface area (Å²) in [6, 6.07) is -0.322. The van der Waals surface area contributed by atoms with Crippen LogP contribution in [0.25, 0.3) is 0 Å². The summed E-state index contributed by atoms with van der Waals surface area (Å²) in [7, 11) is 1.83. The van der Waals surface area contributed by atoms with E-state index in [1.54, 1.807) is 4.90 Å². The number of nitrogens with two attached hydrogens (primary N) is 1. The molecular weight excluding hydrogens is 176 g/mol. The van der Waals surface area contributed by atoms with Crippen LogP contribution >= 0.6 is 0 Å². The predicted molar refractivity (Wildman–Crippen MR) is 60.0 cm³/mol. The molecule has 0 unspecified atom stereocenters. The quantitative estimate of drug-likeness (QED) is 0.708. The third-order valence-corrected chi connectivity index (χ3v) is 2.27. The lowest BCUT2D eigenvalue weighted by Gasteiger charge is -2.22. The summed E-state index contributed by atoms with van der Waals surface area (Å²) >= 11 is 0. The fourth-order valence-electron chi connectivity index (χ4n) is 1.40. The van der Waals surface area contributed by atoms with Gasteiger partial charge in [-0.3, -0.25) is 4.79 Å². The molecule has 0 bridgehead atoms. The van der Waals surface area contributed by atoms with E-state index in [9.17, 15) is 4.79 Å². The smallest absolute Gasteiger partial charge is 0.239 e. The van der Waals surface area contributed by atoms with E-state index in [-0.39, 0.29) is 11.9 Å². The van der Waals surface area contributed by atoms with Crippen molar-refractivity contribution in [2.45, 2.75) is 46.1 Å². The highest BCUT2D eigenvalue weighted by atomic mass is 16.2. The number of carbonyl (C=O) groups excluding carboxylic acids is 1. The van der Waals surface area contributed by atoms with Crippen molar-refractivity contribution >= 4 is 5.91 Å². The minimum Gasteiger partial charge on any atom is -0.344 e. The van der Waals surface area contributed by atoms with Crippen molar-refractivity contribution in [3.63, 3.8) is 0 Å². The lowest BCUT2D eigenvalue weighted by Crippen LogP contribution is -2.42. The number of likely N-dealkylation sites (N-methyl/N-ethyl adjacent to an activating group) is 1. The summed E-state index contributed by atoms with van der Waals surface area (Å²) < 4.78 is 0. The second-order valence-corrected chi connectivity index (χ2v) is 4.35. The van der Waals surface area contributed by atoms with Crippen molar-refractivity contribution in [1.29, 1.82) is 0 Å². The molecular formula is C11H24N2O. The zero-order chi connectivity index (χ0) is 11.1. The second-order valence-electron chi connectivity index (χ2n) is 4.35. The molecule has 0 aromatic rings.